The van der Waals surface area contributed by atoms with Gasteiger partial charge in [0.15, 0.2) is 0 Å². The van der Waals surface area contributed by atoms with E-state index in [0.29, 0.717) is 27.4 Å². The highest BCUT2D eigenvalue weighted by atomic mass is 35.5. The second kappa shape index (κ2) is 9.13. The monoisotopic (exact) mass is 538 g/mol. The minimum Gasteiger partial charge on any atom is -0.331 e. The summed E-state index contributed by atoms with van der Waals surface area (Å²) in [5.41, 5.74) is 2.38. The summed E-state index contributed by atoms with van der Waals surface area (Å²) in [7, 11) is -3.94. The average molecular weight is 539 g/mol. The fourth-order valence-corrected chi connectivity index (χ4v) is 5.12. The van der Waals surface area contributed by atoms with Crippen molar-refractivity contribution in [3.63, 3.8) is 0 Å². The van der Waals surface area contributed by atoms with Gasteiger partial charge in [-0.3, -0.25) is 14.6 Å². The van der Waals surface area contributed by atoms with Crippen molar-refractivity contribution >= 4 is 49.3 Å². The number of aryl methyl sites for hydroxylation is 1. The molecule has 2 aromatic carbocycles. The number of rotatable bonds is 5. The predicted octanol–water partition coefficient (Wildman–Crippen LogP) is 4.38. The fourth-order valence-electron chi connectivity index (χ4n) is 4.43. The van der Waals surface area contributed by atoms with Gasteiger partial charge in [0.1, 0.15) is 11.5 Å². The lowest BCUT2D eigenvalue weighted by Crippen LogP contribution is -2.32. The lowest BCUT2D eigenvalue weighted by Gasteiger charge is -2.14. The van der Waals surface area contributed by atoms with Gasteiger partial charge in [-0.2, -0.15) is 0 Å². The van der Waals surface area contributed by atoms with E-state index in [9.17, 15) is 22.4 Å². The first-order valence-electron chi connectivity index (χ1n) is 11.1. The maximum atomic E-state index is 13.9. The Balaban J connectivity index is 1.84. The number of hydrogen-bond donors (Lipinski definition) is 2. The van der Waals surface area contributed by atoms with Crippen LogP contribution in [0.3, 0.4) is 0 Å². The molecule has 0 aliphatic heterocycles. The summed E-state index contributed by atoms with van der Waals surface area (Å²) in [6, 6.07) is 12.7. The molecule has 37 heavy (non-hydrogen) atoms. The van der Waals surface area contributed by atoms with Crippen molar-refractivity contribution in [3.05, 3.63) is 98.9 Å². The Bertz CT molecular complexity index is 1900. The van der Waals surface area contributed by atoms with Gasteiger partial charge in [-0.15, -0.1) is 0 Å². The molecule has 0 radical (unpaired) electrons. The fraction of sp³-hybridized carbons (Fsp3) is 0.115. The van der Waals surface area contributed by atoms with Gasteiger partial charge in [0.2, 0.25) is 10.0 Å². The normalized spacial score (nSPS) is 11.8. The SMILES string of the molecule is Cc1ccc2c(c1)c(-c1ccc[nH]c1=O)c(C(=O)NS(C)(=O)=O)n2Cc1cnc2ccc(F)cc2c1Cl. The molecule has 0 saturated heterocycles. The van der Waals surface area contributed by atoms with Crippen molar-refractivity contribution < 1.29 is 17.6 Å². The van der Waals surface area contributed by atoms with Crippen molar-refractivity contribution in [2.24, 2.45) is 0 Å². The third-order valence-electron chi connectivity index (χ3n) is 5.96. The zero-order valence-corrected chi connectivity index (χ0v) is 21.2. The zero-order valence-electron chi connectivity index (χ0n) is 19.7. The molecule has 0 saturated carbocycles. The summed E-state index contributed by atoms with van der Waals surface area (Å²) in [5, 5.41) is 1.21. The predicted molar refractivity (Wildman–Crippen MR) is 141 cm³/mol. The zero-order chi connectivity index (χ0) is 26.5. The van der Waals surface area contributed by atoms with Crippen LogP contribution in [0.15, 0.2) is 65.7 Å². The highest BCUT2D eigenvalue weighted by Crippen LogP contribution is 2.36. The Morgan fingerprint density at radius 1 is 1.16 bits per heavy atom. The molecule has 0 fully saturated rings. The van der Waals surface area contributed by atoms with Crippen molar-refractivity contribution in [2.45, 2.75) is 13.5 Å². The van der Waals surface area contributed by atoms with Crippen LogP contribution in [0.5, 0.6) is 0 Å². The number of nitrogens with zero attached hydrogens (tertiary/aromatic N) is 2. The number of benzene rings is 2. The molecule has 0 spiro atoms. The summed E-state index contributed by atoms with van der Waals surface area (Å²) in [6.07, 6.45) is 3.86. The lowest BCUT2D eigenvalue weighted by molar-refractivity contribution is 0.0974. The average Bonchev–Trinajstić information content (AvgIpc) is 3.13. The topological polar surface area (TPSA) is 114 Å². The highest BCUT2D eigenvalue weighted by Gasteiger charge is 2.27. The smallest absolute Gasteiger partial charge is 0.282 e. The molecule has 1 amide bonds. The van der Waals surface area contributed by atoms with Crippen molar-refractivity contribution in [2.75, 3.05) is 6.26 Å². The van der Waals surface area contributed by atoms with E-state index in [1.807, 2.05) is 23.8 Å². The van der Waals surface area contributed by atoms with Gasteiger partial charge in [-0.05, 0) is 49.4 Å². The van der Waals surface area contributed by atoms with E-state index in [2.05, 4.69) is 9.97 Å². The van der Waals surface area contributed by atoms with Crippen LogP contribution in [0, 0.1) is 12.7 Å². The van der Waals surface area contributed by atoms with Crippen LogP contribution in [0.4, 0.5) is 4.39 Å². The molecule has 188 valence electrons. The standard InChI is InChI=1S/C26H20ClFN4O4S/c1-14-5-8-21-19(10-14)22(17-4-3-9-29-25(17)33)24(26(34)31-37(2,35)36)32(21)13-15-12-30-20-7-6-16(28)11-18(20)23(15)27/h3-12H,13H2,1-2H3,(H,29,33)(H,31,34). The Morgan fingerprint density at radius 3 is 2.68 bits per heavy atom. The summed E-state index contributed by atoms with van der Waals surface area (Å²) in [4.78, 5) is 33.3. The van der Waals surface area contributed by atoms with Crippen LogP contribution < -0.4 is 10.3 Å². The van der Waals surface area contributed by atoms with Crippen LogP contribution in [0.2, 0.25) is 5.02 Å². The quantitative estimate of drug-likeness (QED) is 0.344. The minimum absolute atomic E-state index is 0.00486. The summed E-state index contributed by atoms with van der Waals surface area (Å²) in [6.45, 7) is 1.86. The van der Waals surface area contributed by atoms with E-state index in [4.69, 9.17) is 11.6 Å². The van der Waals surface area contributed by atoms with Gasteiger partial charge in [-0.25, -0.2) is 17.5 Å². The number of carbonyl (C=O) groups is 1. The second-order valence-corrected chi connectivity index (χ2v) is 10.8. The summed E-state index contributed by atoms with van der Waals surface area (Å²) in [5.74, 6) is -1.39. The molecule has 8 nitrogen and oxygen atoms in total. The first-order chi connectivity index (χ1) is 17.5. The second-order valence-electron chi connectivity index (χ2n) is 8.71. The Morgan fingerprint density at radius 2 is 1.95 bits per heavy atom. The molecule has 0 unspecified atom stereocenters. The molecule has 11 heteroatoms. The molecule has 5 aromatic rings. The number of aromatic nitrogens is 3. The molecule has 3 heterocycles. The maximum absolute atomic E-state index is 13.9. The van der Waals surface area contributed by atoms with E-state index < -0.39 is 27.3 Å². The molecule has 2 N–H and O–H groups in total. The Labute approximate surface area is 215 Å². The largest absolute Gasteiger partial charge is 0.331 e. The van der Waals surface area contributed by atoms with Gasteiger partial charge in [-0.1, -0.05) is 23.2 Å². The Hall–Kier alpha value is -4.02. The van der Waals surface area contributed by atoms with E-state index in [1.54, 1.807) is 22.8 Å². The summed E-state index contributed by atoms with van der Waals surface area (Å²) >= 11 is 6.66. The molecule has 3 aromatic heterocycles. The van der Waals surface area contributed by atoms with Gasteiger partial charge >= 0.3 is 0 Å². The number of fused-ring (bicyclic) bond motifs is 2. The van der Waals surface area contributed by atoms with Gasteiger partial charge in [0.25, 0.3) is 11.5 Å². The number of H-pyrrole nitrogens is 1. The molecule has 0 aliphatic carbocycles. The van der Waals surface area contributed by atoms with E-state index in [1.165, 1.54) is 30.6 Å². The maximum Gasteiger partial charge on any atom is 0.282 e. The highest BCUT2D eigenvalue weighted by molar-refractivity contribution is 7.89. The van der Waals surface area contributed by atoms with Crippen LogP contribution in [0.25, 0.3) is 32.9 Å². The number of nitrogens with one attached hydrogen (secondary N) is 2. The number of aromatic amines is 1. The summed E-state index contributed by atoms with van der Waals surface area (Å²) < 4.78 is 41.6. The van der Waals surface area contributed by atoms with Crippen molar-refractivity contribution in [3.8, 4) is 11.1 Å². The Kier molecular flexibility index (Phi) is 6.09. The first-order valence-corrected chi connectivity index (χ1v) is 13.4. The van der Waals surface area contributed by atoms with Gasteiger partial charge in [0.05, 0.1) is 23.3 Å². The number of amides is 1. The number of pyridine rings is 2. The minimum atomic E-state index is -3.94. The molecule has 0 aliphatic rings. The number of carbonyl (C=O) groups excluding carboxylic acids is 1. The number of hydrogen-bond acceptors (Lipinski definition) is 5. The molecular formula is C26H20ClFN4O4S. The van der Waals surface area contributed by atoms with Crippen LogP contribution in [0.1, 0.15) is 21.6 Å². The van der Waals surface area contributed by atoms with Crippen LogP contribution >= 0.6 is 11.6 Å². The number of halogens is 2. The molecule has 0 atom stereocenters. The van der Waals surface area contributed by atoms with Crippen molar-refractivity contribution in [1.29, 1.82) is 0 Å². The number of sulfonamides is 1. The molecular weight excluding hydrogens is 519 g/mol. The van der Waals surface area contributed by atoms with Gasteiger partial charge in [0, 0.05) is 45.4 Å². The lowest BCUT2D eigenvalue weighted by atomic mass is 10.0. The van der Waals surface area contributed by atoms with E-state index in [-0.39, 0.29) is 28.4 Å². The third kappa shape index (κ3) is 4.61. The van der Waals surface area contributed by atoms with Crippen molar-refractivity contribution in [1.82, 2.24) is 19.3 Å². The molecule has 0 bridgehead atoms. The van der Waals surface area contributed by atoms with Crippen LogP contribution in [-0.4, -0.2) is 35.1 Å². The van der Waals surface area contributed by atoms with E-state index >= 15 is 0 Å². The van der Waals surface area contributed by atoms with Crippen LogP contribution in [-0.2, 0) is 16.6 Å². The first kappa shape index (κ1) is 24.7. The van der Waals surface area contributed by atoms with Gasteiger partial charge < -0.3 is 9.55 Å². The third-order valence-corrected chi connectivity index (χ3v) is 6.97. The molecule has 5 rings (SSSR count). The van der Waals surface area contributed by atoms with E-state index in [0.717, 1.165) is 11.8 Å².